The van der Waals surface area contributed by atoms with Crippen LogP contribution in [-0.4, -0.2) is 31.9 Å². The van der Waals surface area contributed by atoms with E-state index in [1.165, 1.54) is 10.4 Å². The number of sulfonamides is 1. The molecule has 2 heterocycles. The SMILES string of the molecule is Cc1ccc(S(=O)(=O)N2CC[C@@H](N)C2)o1. The van der Waals surface area contributed by atoms with Gasteiger partial charge in [0.2, 0.25) is 5.09 Å². The predicted octanol–water partition coefficient (Wildman–Crippen LogP) is 0.310. The molecule has 6 heteroatoms. The van der Waals surface area contributed by atoms with Gasteiger partial charge >= 0.3 is 0 Å². The molecule has 1 fully saturated rings. The second-order valence-electron chi connectivity index (χ2n) is 3.78. The Morgan fingerprint density at radius 1 is 1.53 bits per heavy atom. The fourth-order valence-corrected chi connectivity index (χ4v) is 3.11. The van der Waals surface area contributed by atoms with E-state index in [4.69, 9.17) is 10.2 Å². The zero-order chi connectivity index (χ0) is 11.1. The molecule has 1 aliphatic rings. The summed E-state index contributed by atoms with van der Waals surface area (Å²) in [6.45, 7) is 2.57. The van der Waals surface area contributed by atoms with E-state index in [1.807, 2.05) is 0 Å². The van der Waals surface area contributed by atoms with Crippen molar-refractivity contribution in [3.63, 3.8) is 0 Å². The lowest BCUT2D eigenvalue weighted by molar-refractivity contribution is 0.397. The normalized spacial score (nSPS) is 23.5. The molecule has 0 spiro atoms. The van der Waals surface area contributed by atoms with Gasteiger partial charge in [0.25, 0.3) is 10.0 Å². The Morgan fingerprint density at radius 3 is 2.73 bits per heavy atom. The van der Waals surface area contributed by atoms with Crippen LogP contribution in [0.25, 0.3) is 0 Å². The molecule has 1 aromatic rings. The van der Waals surface area contributed by atoms with Gasteiger partial charge in [0, 0.05) is 19.1 Å². The quantitative estimate of drug-likeness (QED) is 0.793. The average molecular weight is 230 g/mol. The largest absolute Gasteiger partial charge is 0.449 e. The van der Waals surface area contributed by atoms with E-state index in [0.29, 0.717) is 25.3 Å². The lowest BCUT2D eigenvalue weighted by atomic mass is 10.3. The molecule has 0 saturated carbocycles. The van der Waals surface area contributed by atoms with Gasteiger partial charge in [0.15, 0.2) is 0 Å². The maximum absolute atomic E-state index is 12.0. The van der Waals surface area contributed by atoms with Crippen LogP contribution in [0.3, 0.4) is 0 Å². The van der Waals surface area contributed by atoms with Crippen LogP contribution in [0.15, 0.2) is 21.6 Å². The number of rotatable bonds is 2. The van der Waals surface area contributed by atoms with Crippen LogP contribution in [0.2, 0.25) is 0 Å². The second-order valence-corrected chi connectivity index (χ2v) is 5.65. The second kappa shape index (κ2) is 3.62. The molecule has 1 aliphatic heterocycles. The van der Waals surface area contributed by atoms with Crippen molar-refractivity contribution in [3.8, 4) is 0 Å². The molecule has 0 bridgehead atoms. The first-order valence-electron chi connectivity index (χ1n) is 4.82. The fourth-order valence-electron chi connectivity index (χ4n) is 1.65. The van der Waals surface area contributed by atoms with Crippen molar-refractivity contribution in [1.82, 2.24) is 4.31 Å². The molecule has 2 N–H and O–H groups in total. The van der Waals surface area contributed by atoms with Crippen LogP contribution >= 0.6 is 0 Å². The molecule has 0 aromatic carbocycles. The van der Waals surface area contributed by atoms with E-state index < -0.39 is 10.0 Å². The standard InChI is InChI=1S/C9H14N2O3S/c1-7-2-3-9(14-7)15(12,13)11-5-4-8(10)6-11/h2-3,8H,4-6,10H2,1H3/t8-/m1/s1. The molecule has 2 rings (SSSR count). The number of aryl methyl sites for hydroxylation is 1. The minimum Gasteiger partial charge on any atom is -0.449 e. The van der Waals surface area contributed by atoms with Crippen molar-refractivity contribution >= 4 is 10.0 Å². The van der Waals surface area contributed by atoms with Crippen molar-refractivity contribution in [2.24, 2.45) is 5.73 Å². The van der Waals surface area contributed by atoms with Gasteiger partial charge in [-0.25, -0.2) is 8.42 Å². The smallest absolute Gasteiger partial charge is 0.276 e. The molecule has 1 aromatic heterocycles. The van der Waals surface area contributed by atoms with E-state index in [0.717, 1.165) is 0 Å². The van der Waals surface area contributed by atoms with Gasteiger partial charge in [0.05, 0.1) is 0 Å². The Labute approximate surface area is 88.9 Å². The molecule has 1 saturated heterocycles. The van der Waals surface area contributed by atoms with Crippen LogP contribution in [0.4, 0.5) is 0 Å². The topological polar surface area (TPSA) is 76.5 Å². The number of hydrogen-bond donors (Lipinski definition) is 1. The third kappa shape index (κ3) is 1.92. The first-order chi connectivity index (χ1) is 7.00. The summed E-state index contributed by atoms with van der Waals surface area (Å²) in [7, 11) is -3.46. The molecule has 0 amide bonds. The third-order valence-electron chi connectivity index (χ3n) is 2.50. The minimum absolute atomic E-state index is 0.00843. The van der Waals surface area contributed by atoms with Crippen LogP contribution in [0.1, 0.15) is 12.2 Å². The molecule has 1 atom stereocenters. The zero-order valence-electron chi connectivity index (χ0n) is 8.51. The van der Waals surface area contributed by atoms with Crippen molar-refractivity contribution in [1.29, 1.82) is 0 Å². The number of nitrogens with zero attached hydrogens (tertiary/aromatic N) is 1. The van der Waals surface area contributed by atoms with Crippen molar-refractivity contribution in [2.75, 3.05) is 13.1 Å². The monoisotopic (exact) mass is 230 g/mol. The molecule has 15 heavy (non-hydrogen) atoms. The van der Waals surface area contributed by atoms with Gasteiger partial charge in [-0.3, -0.25) is 0 Å². The highest BCUT2D eigenvalue weighted by Crippen LogP contribution is 2.21. The van der Waals surface area contributed by atoms with E-state index in [1.54, 1.807) is 13.0 Å². The number of furan rings is 1. The van der Waals surface area contributed by atoms with Gasteiger partial charge in [0.1, 0.15) is 5.76 Å². The summed E-state index contributed by atoms with van der Waals surface area (Å²) in [5.74, 6) is 0.595. The van der Waals surface area contributed by atoms with Crippen LogP contribution in [0.5, 0.6) is 0 Å². The Balaban J connectivity index is 2.27. The van der Waals surface area contributed by atoms with Crippen molar-refractivity contribution < 1.29 is 12.8 Å². The molecule has 0 radical (unpaired) electrons. The van der Waals surface area contributed by atoms with Gasteiger partial charge in [-0.2, -0.15) is 4.31 Å². The maximum Gasteiger partial charge on any atom is 0.276 e. The Morgan fingerprint density at radius 2 is 2.27 bits per heavy atom. The summed E-state index contributed by atoms with van der Waals surface area (Å²) >= 11 is 0. The Kier molecular flexibility index (Phi) is 2.57. The third-order valence-corrected chi connectivity index (χ3v) is 4.24. The fraction of sp³-hybridized carbons (Fsp3) is 0.556. The van der Waals surface area contributed by atoms with Crippen LogP contribution < -0.4 is 5.73 Å². The van der Waals surface area contributed by atoms with Crippen LogP contribution in [0, 0.1) is 6.92 Å². The Bertz CT molecular complexity index is 452. The summed E-state index contributed by atoms with van der Waals surface area (Å²) in [5, 5.41) is 0.00843. The highest BCUT2D eigenvalue weighted by atomic mass is 32.2. The molecule has 5 nitrogen and oxygen atoms in total. The van der Waals surface area contributed by atoms with Gasteiger partial charge in [-0.05, 0) is 25.5 Å². The molecule has 84 valence electrons. The number of nitrogens with two attached hydrogens (primary N) is 1. The summed E-state index contributed by atoms with van der Waals surface area (Å²) in [4.78, 5) is 0. The first-order valence-corrected chi connectivity index (χ1v) is 6.26. The highest BCUT2D eigenvalue weighted by Gasteiger charge is 2.32. The predicted molar refractivity (Wildman–Crippen MR) is 54.8 cm³/mol. The number of hydrogen-bond acceptors (Lipinski definition) is 4. The molecule has 0 aliphatic carbocycles. The molecule has 0 unspecified atom stereocenters. The maximum atomic E-state index is 12.0. The first kappa shape index (κ1) is 10.7. The van der Waals surface area contributed by atoms with E-state index >= 15 is 0 Å². The zero-order valence-corrected chi connectivity index (χ0v) is 9.33. The van der Waals surface area contributed by atoms with E-state index in [2.05, 4.69) is 0 Å². The van der Waals surface area contributed by atoms with Gasteiger partial charge in [-0.1, -0.05) is 0 Å². The highest BCUT2D eigenvalue weighted by molar-refractivity contribution is 7.89. The summed E-state index contributed by atoms with van der Waals surface area (Å²) in [6.07, 6.45) is 0.707. The summed E-state index contributed by atoms with van der Waals surface area (Å²) in [6, 6.07) is 3.06. The average Bonchev–Trinajstić information content (AvgIpc) is 2.74. The van der Waals surface area contributed by atoms with Gasteiger partial charge < -0.3 is 10.2 Å². The lowest BCUT2D eigenvalue weighted by Gasteiger charge is -2.13. The van der Waals surface area contributed by atoms with Crippen LogP contribution in [-0.2, 0) is 10.0 Å². The van der Waals surface area contributed by atoms with Crippen molar-refractivity contribution in [2.45, 2.75) is 24.5 Å². The molecular formula is C9H14N2O3S. The lowest BCUT2D eigenvalue weighted by Crippen LogP contribution is -2.31. The summed E-state index contributed by atoms with van der Waals surface area (Å²) < 4.78 is 30.4. The summed E-state index contributed by atoms with van der Waals surface area (Å²) in [5.41, 5.74) is 5.67. The minimum atomic E-state index is -3.46. The van der Waals surface area contributed by atoms with E-state index in [-0.39, 0.29) is 11.1 Å². The molecular weight excluding hydrogens is 216 g/mol. The van der Waals surface area contributed by atoms with Gasteiger partial charge in [-0.15, -0.1) is 0 Å². The van der Waals surface area contributed by atoms with Crippen molar-refractivity contribution in [3.05, 3.63) is 17.9 Å². The Hall–Kier alpha value is -0.850. The van der Waals surface area contributed by atoms with E-state index in [9.17, 15) is 8.42 Å².